The molecule has 154 valence electrons. The van der Waals surface area contributed by atoms with Gasteiger partial charge in [-0.25, -0.2) is 0 Å². The molecule has 0 aliphatic rings. The van der Waals surface area contributed by atoms with Crippen molar-refractivity contribution in [3.63, 3.8) is 0 Å². The topological polar surface area (TPSA) is 63.5 Å². The summed E-state index contributed by atoms with van der Waals surface area (Å²) in [5.41, 5.74) is 2.63. The number of hydrogen-bond donors (Lipinski definition) is 2. The summed E-state index contributed by atoms with van der Waals surface area (Å²) in [5.74, 6) is 0.483. The molecular weight excluding hydrogens is 423 g/mol. The summed E-state index contributed by atoms with van der Waals surface area (Å²) in [7, 11) is 0. The van der Waals surface area contributed by atoms with Crippen molar-refractivity contribution in [2.45, 2.75) is 19.6 Å². The first-order valence-electron chi connectivity index (χ1n) is 9.46. The summed E-state index contributed by atoms with van der Waals surface area (Å²) in [6.45, 7) is 1.94. The van der Waals surface area contributed by atoms with Crippen molar-refractivity contribution < 1.29 is 14.6 Å². The Balaban J connectivity index is 1.52. The number of ether oxygens (including phenoxy) is 1. The van der Waals surface area contributed by atoms with Gasteiger partial charge in [0.1, 0.15) is 18.5 Å². The van der Waals surface area contributed by atoms with Crippen LogP contribution in [0.2, 0.25) is 10.0 Å². The zero-order valence-electron chi connectivity index (χ0n) is 16.2. The molecule has 0 aliphatic carbocycles. The molecule has 2 N–H and O–H groups in total. The lowest BCUT2D eigenvalue weighted by Gasteiger charge is -2.15. The van der Waals surface area contributed by atoms with Crippen molar-refractivity contribution in [3.05, 3.63) is 70.7 Å². The molecule has 1 atom stereocenters. The second-order valence-electron chi connectivity index (χ2n) is 7.10. The van der Waals surface area contributed by atoms with E-state index in [1.54, 1.807) is 24.3 Å². The van der Waals surface area contributed by atoms with Crippen molar-refractivity contribution >= 4 is 56.6 Å². The van der Waals surface area contributed by atoms with Gasteiger partial charge in [-0.15, -0.1) is 0 Å². The number of aliphatic hydroxyl groups excluding tert-OH is 1. The van der Waals surface area contributed by atoms with E-state index >= 15 is 0 Å². The van der Waals surface area contributed by atoms with Crippen LogP contribution in [-0.4, -0.2) is 28.3 Å². The number of nitrogens with zero attached hydrogens (tertiary/aromatic N) is 1. The first-order valence-corrected chi connectivity index (χ1v) is 10.2. The fourth-order valence-electron chi connectivity index (χ4n) is 3.54. The molecule has 1 unspecified atom stereocenters. The third-order valence-electron chi connectivity index (χ3n) is 4.80. The molecule has 0 fully saturated rings. The average molecular weight is 443 g/mol. The molecule has 1 aromatic heterocycles. The molecule has 4 rings (SSSR count). The molecule has 4 aromatic rings. The molecule has 1 amide bonds. The SMILES string of the molecule is CC(=O)Nc1ccc(OCC(O)Cn2c3ccc(Cl)cc3c3cc(Cl)ccc32)cc1. The summed E-state index contributed by atoms with van der Waals surface area (Å²) in [4.78, 5) is 11.1. The number of aliphatic hydroxyl groups is 1. The van der Waals surface area contributed by atoms with E-state index in [-0.39, 0.29) is 12.5 Å². The lowest BCUT2D eigenvalue weighted by atomic mass is 10.1. The van der Waals surface area contributed by atoms with Gasteiger partial charge in [-0.05, 0) is 60.7 Å². The maximum Gasteiger partial charge on any atom is 0.221 e. The Labute approximate surface area is 183 Å². The number of fused-ring (bicyclic) bond motifs is 3. The van der Waals surface area contributed by atoms with Crippen molar-refractivity contribution in [2.75, 3.05) is 11.9 Å². The van der Waals surface area contributed by atoms with E-state index in [1.807, 2.05) is 41.0 Å². The monoisotopic (exact) mass is 442 g/mol. The number of rotatable bonds is 6. The number of benzene rings is 3. The maximum absolute atomic E-state index is 11.1. The average Bonchev–Trinajstić information content (AvgIpc) is 2.99. The predicted molar refractivity (Wildman–Crippen MR) is 122 cm³/mol. The number of hydrogen-bond acceptors (Lipinski definition) is 3. The number of carbonyl (C=O) groups is 1. The lowest BCUT2D eigenvalue weighted by Crippen LogP contribution is -2.23. The van der Waals surface area contributed by atoms with E-state index in [2.05, 4.69) is 5.32 Å². The summed E-state index contributed by atoms with van der Waals surface area (Å²) >= 11 is 12.4. The summed E-state index contributed by atoms with van der Waals surface area (Å²) in [6.07, 6.45) is -0.731. The highest BCUT2D eigenvalue weighted by molar-refractivity contribution is 6.33. The van der Waals surface area contributed by atoms with E-state index < -0.39 is 6.10 Å². The molecule has 7 heteroatoms. The van der Waals surface area contributed by atoms with E-state index in [0.717, 1.165) is 21.8 Å². The Bertz CT molecular complexity index is 1160. The van der Waals surface area contributed by atoms with Crippen molar-refractivity contribution in [1.82, 2.24) is 4.57 Å². The van der Waals surface area contributed by atoms with Gasteiger partial charge in [-0.2, -0.15) is 0 Å². The largest absolute Gasteiger partial charge is 0.491 e. The standard InChI is InChI=1S/C23H20Cl2N2O3/c1-14(28)26-17-4-6-19(7-5-17)30-13-18(29)12-27-22-8-2-15(24)10-20(22)21-11-16(25)3-9-23(21)27/h2-11,18,29H,12-13H2,1H3,(H,26,28). The number of nitrogens with one attached hydrogen (secondary N) is 1. The molecule has 0 radical (unpaired) electrons. The first kappa shape index (κ1) is 20.5. The quantitative estimate of drug-likeness (QED) is 0.414. The molecule has 0 saturated carbocycles. The fourth-order valence-corrected chi connectivity index (χ4v) is 3.88. The Kier molecular flexibility index (Phi) is 5.86. The highest BCUT2D eigenvalue weighted by atomic mass is 35.5. The molecule has 0 aliphatic heterocycles. The minimum atomic E-state index is -0.731. The molecular formula is C23H20Cl2N2O3. The highest BCUT2D eigenvalue weighted by Crippen LogP contribution is 2.33. The van der Waals surface area contributed by atoms with Gasteiger partial charge in [-0.3, -0.25) is 4.79 Å². The third-order valence-corrected chi connectivity index (χ3v) is 5.27. The minimum Gasteiger partial charge on any atom is -0.491 e. The Morgan fingerprint density at radius 1 is 1.00 bits per heavy atom. The van der Waals surface area contributed by atoms with Gasteiger partial charge in [0.15, 0.2) is 0 Å². The zero-order chi connectivity index (χ0) is 21.3. The molecule has 5 nitrogen and oxygen atoms in total. The third kappa shape index (κ3) is 4.38. The van der Waals surface area contributed by atoms with Crippen LogP contribution in [0.5, 0.6) is 5.75 Å². The van der Waals surface area contributed by atoms with Gasteiger partial charge in [0.25, 0.3) is 0 Å². The zero-order valence-corrected chi connectivity index (χ0v) is 17.7. The van der Waals surface area contributed by atoms with Crippen molar-refractivity contribution in [2.24, 2.45) is 0 Å². The van der Waals surface area contributed by atoms with Crippen LogP contribution < -0.4 is 10.1 Å². The summed E-state index contributed by atoms with van der Waals surface area (Å²) < 4.78 is 7.77. The fraction of sp³-hybridized carbons (Fsp3) is 0.174. The molecule has 30 heavy (non-hydrogen) atoms. The first-order chi connectivity index (χ1) is 14.4. The van der Waals surface area contributed by atoms with Crippen molar-refractivity contribution in [3.8, 4) is 5.75 Å². The van der Waals surface area contributed by atoms with E-state index in [9.17, 15) is 9.90 Å². The second-order valence-corrected chi connectivity index (χ2v) is 7.98. The number of carbonyl (C=O) groups excluding carboxylic acids is 1. The van der Waals surface area contributed by atoms with Crippen LogP contribution >= 0.6 is 23.2 Å². The Morgan fingerprint density at radius 2 is 1.57 bits per heavy atom. The van der Waals surface area contributed by atoms with Gasteiger partial charge in [0.05, 0.1) is 6.54 Å². The van der Waals surface area contributed by atoms with Gasteiger partial charge in [0.2, 0.25) is 5.91 Å². The Morgan fingerprint density at radius 3 is 2.10 bits per heavy atom. The van der Waals surface area contributed by atoms with Crippen LogP contribution in [0, 0.1) is 0 Å². The normalized spacial score (nSPS) is 12.3. The molecule has 1 heterocycles. The smallest absolute Gasteiger partial charge is 0.221 e. The van der Waals surface area contributed by atoms with Gasteiger partial charge in [-0.1, -0.05) is 23.2 Å². The number of halogens is 2. The second kappa shape index (κ2) is 8.56. The van der Waals surface area contributed by atoms with Gasteiger partial charge in [0, 0.05) is 44.5 Å². The van der Waals surface area contributed by atoms with Crippen LogP contribution in [0.15, 0.2) is 60.7 Å². The van der Waals surface area contributed by atoms with E-state index in [4.69, 9.17) is 27.9 Å². The Hall–Kier alpha value is -2.73. The summed E-state index contributed by atoms with van der Waals surface area (Å²) in [6, 6.07) is 18.4. The van der Waals surface area contributed by atoms with E-state index in [0.29, 0.717) is 28.0 Å². The number of amides is 1. The maximum atomic E-state index is 11.1. The van der Waals surface area contributed by atoms with Crippen LogP contribution in [0.1, 0.15) is 6.92 Å². The molecule has 0 saturated heterocycles. The van der Waals surface area contributed by atoms with Crippen molar-refractivity contribution in [1.29, 1.82) is 0 Å². The van der Waals surface area contributed by atoms with Crippen LogP contribution in [-0.2, 0) is 11.3 Å². The lowest BCUT2D eigenvalue weighted by molar-refractivity contribution is -0.114. The van der Waals surface area contributed by atoms with Gasteiger partial charge < -0.3 is 19.7 Å². The highest BCUT2D eigenvalue weighted by Gasteiger charge is 2.15. The minimum absolute atomic E-state index is 0.127. The molecule has 0 spiro atoms. The number of anilines is 1. The van der Waals surface area contributed by atoms with Crippen LogP contribution in [0.4, 0.5) is 5.69 Å². The predicted octanol–water partition coefficient (Wildman–Crippen LogP) is 5.50. The molecule has 3 aromatic carbocycles. The van der Waals surface area contributed by atoms with Crippen LogP contribution in [0.25, 0.3) is 21.8 Å². The summed E-state index contributed by atoms with van der Waals surface area (Å²) in [5, 5.41) is 16.6. The van der Waals surface area contributed by atoms with E-state index in [1.165, 1.54) is 6.92 Å². The molecule has 0 bridgehead atoms. The number of aromatic nitrogens is 1. The van der Waals surface area contributed by atoms with Gasteiger partial charge >= 0.3 is 0 Å². The van der Waals surface area contributed by atoms with Crippen LogP contribution in [0.3, 0.4) is 0 Å².